The molecule has 0 saturated carbocycles. The summed E-state index contributed by atoms with van der Waals surface area (Å²) in [6.45, 7) is 5.19. The molecule has 1 heterocycles. The van der Waals surface area contributed by atoms with E-state index in [1.54, 1.807) is 7.11 Å². The molecular formula is C16H27IN4O. The number of anilines is 1. The molecule has 1 aliphatic heterocycles. The lowest BCUT2D eigenvalue weighted by Crippen LogP contribution is -2.39. The monoisotopic (exact) mass is 418 g/mol. The molecule has 0 aliphatic carbocycles. The lowest BCUT2D eigenvalue weighted by Gasteiger charge is -2.32. The van der Waals surface area contributed by atoms with Crippen LogP contribution in [-0.2, 0) is 0 Å². The van der Waals surface area contributed by atoms with Crippen LogP contribution in [0.4, 0.5) is 5.69 Å². The Morgan fingerprint density at radius 1 is 1.36 bits per heavy atom. The number of methoxy groups -OCH3 is 1. The number of ether oxygens (including phenoxy) is 1. The van der Waals surface area contributed by atoms with E-state index in [1.807, 2.05) is 24.3 Å². The van der Waals surface area contributed by atoms with Gasteiger partial charge in [-0.3, -0.25) is 9.89 Å². The van der Waals surface area contributed by atoms with Crippen molar-refractivity contribution in [3.8, 4) is 5.75 Å². The van der Waals surface area contributed by atoms with Crippen LogP contribution in [0.25, 0.3) is 0 Å². The van der Waals surface area contributed by atoms with Gasteiger partial charge in [-0.05, 0) is 50.6 Å². The van der Waals surface area contributed by atoms with Gasteiger partial charge in [-0.15, -0.1) is 24.0 Å². The van der Waals surface area contributed by atoms with E-state index in [4.69, 9.17) is 10.5 Å². The minimum Gasteiger partial charge on any atom is -0.497 e. The third-order valence-electron chi connectivity index (χ3n) is 3.97. The van der Waals surface area contributed by atoms with Gasteiger partial charge < -0.3 is 15.8 Å². The number of halogens is 1. The zero-order chi connectivity index (χ0) is 15.1. The predicted octanol–water partition coefficient (Wildman–Crippen LogP) is 2.91. The Bertz CT molecular complexity index is 464. The van der Waals surface area contributed by atoms with E-state index >= 15 is 0 Å². The van der Waals surface area contributed by atoms with Crippen LogP contribution < -0.4 is 15.8 Å². The third kappa shape index (κ3) is 6.00. The maximum atomic E-state index is 5.92. The maximum Gasteiger partial charge on any atom is 0.193 e. The van der Waals surface area contributed by atoms with E-state index in [0.29, 0.717) is 12.0 Å². The molecule has 1 aromatic carbocycles. The van der Waals surface area contributed by atoms with Crippen molar-refractivity contribution in [1.82, 2.24) is 4.90 Å². The molecule has 5 nitrogen and oxygen atoms in total. The smallest absolute Gasteiger partial charge is 0.193 e. The molecule has 124 valence electrons. The fourth-order valence-electron chi connectivity index (χ4n) is 2.65. The van der Waals surface area contributed by atoms with Gasteiger partial charge in [0.1, 0.15) is 5.75 Å². The summed E-state index contributed by atoms with van der Waals surface area (Å²) in [6.07, 6.45) is 3.94. The highest BCUT2D eigenvalue weighted by molar-refractivity contribution is 14.0. The molecule has 1 fully saturated rings. The Labute approximate surface area is 150 Å². The summed E-state index contributed by atoms with van der Waals surface area (Å²) in [6, 6.07) is 8.31. The van der Waals surface area contributed by atoms with Crippen molar-refractivity contribution in [2.24, 2.45) is 10.7 Å². The number of hydrogen-bond donors (Lipinski definition) is 2. The van der Waals surface area contributed by atoms with Crippen LogP contribution in [0.1, 0.15) is 26.2 Å². The van der Waals surface area contributed by atoms with Crippen molar-refractivity contribution in [2.75, 3.05) is 32.1 Å². The molecule has 1 saturated heterocycles. The Morgan fingerprint density at radius 2 is 2.09 bits per heavy atom. The zero-order valence-corrected chi connectivity index (χ0v) is 15.7. The summed E-state index contributed by atoms with van der Waals surface area (Å²) in [5, 5.41) is 3.10. The second-order valence-electron chi connectivity index (χ2n) is 5.50. The molecular weight excluding hydrogens is 391 g/mol. The molecule has 1 aliphatic rings. The van der Waals surface area contributed by atoms with Crippen LogP contribution in [-0.4, -0.2) is 43.6 Å². The van der Waals surface area contributed by atoms with Crippen molar-refractivity contribution < 1.29 is 4.74 Å². The first-order chi connectivity index (χ1) is 10.2. The van der Waals surface area contributed by atoms with Crippen LogP contribution in [0.5, 0.6) is 5.75 Å². The van der Waals surface area contributed by atoms with Crippen molar-refractivity contribution in [2.45, 2.75) is 32.2 Å². The van der Waals surface area contributed by atoms with Gasteiger partial charge in [0.25, 0.3) is 0 Å². The number of piperidine rings is 1. The highest BCUT2D eigenvalue weighted by Crippen LogP contribution is 2.16. The molecule has 3 N–H and O–H groups in total. The first-order valence-corrected chi connectivity index (χ1v) is 7.64. The molecule has 0 aromatic heterocycles. The minimum atomic E-state index is 0. The topological polar surface area (TPSA) is 62.9 Å². The normalized spacial score (nSPS) is 19.4. The lowest BCUT2D eigenvalue weighted by molar-refractivity contribution is 0.166. The second-order valence-corrected chi connectivity index (χ2v) is 5.50. The largest absolute Gasteiger partial charge is 0.497 e. The lowest BCUT2D eigenvalue weighted by atomic mass is 10.0. The fraction of sp³-hybridized carbons (Fsp3) is 0.562. The number of hydrogen-bond acceptors (Lipinski definition) is 3. The summed E-state index contributed by atoms with van der Waals surface area (Å²) in [4.78, 5) is 6.89. The van der Waals surface area contributed by atoms with Gasteiger partial charge in [-0.2, -0.15) is 0 Å². The molecule has 6 heteroatoms. The Morgan fingerprint density at radius 3 is 2.73 bits per heavy atom. The number of nitrogens with two attached hydrogens (primary N) is 1. The number of nitrogens with one attached hydrogen (secondary N) is 1. The number of guanidine groups is 1. The third-order valence-corrected chi connectivity index (χ3v) is 3.97. The molecule has 1 unspecified atom stereocenters. The Hall–Kier alpha value is -1.02. The molecule has 0 spiro atoms. The van der Waals surface area contributed by atoms with Crippen LogP contribution in [0.2, 0.25) is 0 Å². The number of aliphatic imine (C=N–C) groups is 1. The van der Waals surface area contributed by atoms with Gasteiger partial charge >= 0.3 is 0 Å². The molecule has 0 bridgehead atoms. The molecule has 1 atom stereocenters. The van der Waals surface area contributed by atoms with E-state index in [9.17, 15) is 0 Å². The Kier molecular flexibility index (Phi) is 8.55. The van der Waals surface area contributed by atoms with E-state index in [2.05, 4.69) is 22.1 Å². The summed E-state index contributed by atoms with van der Waals surface area (Å²) in [5.41, 5.74) is 6.84. The predicted molar refractivity (Wildman–Crippen MR) is 103 cm³/mol. The summed E-state index contributed by atoms with van der Waals surface area (Å²) in [5.74, 6) is 1.29. The number of nitrogens with zero attached hydrogens (tertiary/aromatic N) is 2. The van der Waals surface area contributed by atoms with Gasteiger partial charge in [-0.1, -0.05) is 6.42 Å². The molecule has 1 aromatic rings. The highest BCUT2D eigenvalue weighted by Gasteiger charge is 2.16. The van der Waals surface area contributed by atoms with Crippen molar-refractivity contribution in [1.29, 1.82) is 0 Å². The van der Waals surface area contributed by atoms with Gasteiger partial charge in [-0.25, -0.2) is 0 Å². The van der Waals surface area contributed by atoms with E-state index in [1.165, 1.54) is 25.8 Å². The van der Waals surface area contributed by atoms with Gasteiger partial charge in [0, 0.05) is 18.3 Å². The van der Waals surface area contributed by atoms with Crippen molar-refractivity contribution in [3.05, 3.63) is 24.3 Å². The van der Waals surface area contributed by atoms with Crippen LogP contribution in [0.15, 0.2) is 29.3 Å². The Balaban J connectivity index is 0.00000242. The highest BCUT2D eigenvalue weighted by atomic mass is 127. The summed E-state index contributed by atoms with van der Waals surface area (Å²) in [7, 11) is 1.65. The maximum absolute atomic E-state index is 5.92. The van der Waals surface area contributed by atoms with Crippen molar-refractivity contribution in [3.63, 3.8) is 0 Å². The number of likely N-dealkylation sites (tertiary alicyclic amines) is 1. The van der Waals surface area contributed by atoms with Crippen molar-refractivity contribution >= 4 is 35.6 Å². The second kappa shape index (κ2) is 9.89. The molecule has 2 rings (SSSR count). The molecule has 22 heavy (non-hydrogen) atoms. The number of rotatable bonds is 5. The van der Waals surface area contributed by atoms with Gasteiger partial charge in [0.05, 0.1) is 13.7 Å². The first-order valence-electron chi connectivity index (χ1n) is 7.64. The average Bonchev–Trinajstić information content (AvgIpc) is 2.50. The SMILES string of the molecule is COc1ccc(NC(N)=NCCN2CCCCC2C)cc1.I. The van der Waals surface area contributed by atoms with Gasteiger partial charge in [0.15, 0.2) is 5.96 Å². The van der Waals surface area contributed by atoms with E-state index < -0.39 is 0 Å². The average molecular weight is 418 g/mol. The molecule has 0 amide bonds. The van der Waals surface area contributed by atoms with E-state index in [-0.39, 0.29) is 24.0 Å². The van der Waals surface area contributed by atoms with Crippen LogP contribution >= 0.6 is 24.0 Å². The summed E-state index contributed by atoms with van der Waals surface area (Å²) < 4.78 is 5.12. The standard InChI is InChI=1S/C16H26N4O.HI/c1-13-5-3-4-11-20(13)12-10-18-16(17)19-14-6-8-15(21-2)9-7-14;/h6-9,13H,3-5,10-12H2,1-2H3,(H3,17,18,19);1H. The van der Waals surface area contributed by atoms with Crippen LogP contribution in [0, 0.1) is 0 Å². The minimum absolute atomic E-state index is 0. The van der Waals surface area contributed by atoms with Crippen LogP contribution in [0.3, 0.4) is 0 Å². The van der Waals surface area contributed by atoms with E-state index in [0.717, 1.165) is 24.5 Å². The summed E-state index contributed by atoms with van der Waals surface area (Å²) >= 11 is 0. The number of benzene rings is 1. The first kappa shape index (κ1) is 19.0. The molecule has 0 radical (unpaired) electrons. The zero-order valence-electron chi connectivity index (χ0n) is 13.4. The fourth-order valence-corrected chi connectivity index (χ4v) is 2.65. The van der Waals surface area contributed by atoms with Gasteiger partial charge in [0.2, 0.25) is 0 Å². The quantitative estimate of drug-likeness (QED) is 0.439.